The molecule has 1 aromatic heterocycles. The normalized spacial score (nSPS) is 23.4. The lowest BCUT2D eigenvalue weighted by Crippen LogP contribution is -2.26. The molecule has 0 amide bonds. The molecular weight excluding hydrogens is 234 g/mol. The van der Waals surface area contributed by atoms with Crippen LogP contribution in [0.25, 0.3) is 0 Å². The Balaban J connectivity index is 1.85. The topological polar surface area (TPSA) is 29.9 Å². The van der Waals surface area contributed by atoms with Crippen molar-refractivity contribution < 1.29 is 0 Å². The zero-order valence-corrected chi connectivity index (χ0v) is 12.7. The van der Waals surface area contributed by atoms with Crippen LogP contribution in [0.2, 0.25) is 0 Å². The van der Waals surface area contributed by atoms with E-state index in [0.717, 1.165) is 24.8 Å². The third-order valence-electron chi connectivity index (χ3n) is 4.31. The summed E-state index contributed by atoms with van der Waals surface area (Å²) in [5, 5.41) is 8.29. The molecule has 1 aliphatic rings. The summed E-state index contributed by atoms with van der Waals surface area (Å²) in [6.07, 6.45) is 8.70. The highest BCUT2D eigenvalue weighted by Crippen LogP contribution is 2.33. The molecule has 19 heavy (non-hydrogen) atoms. The average molecular weight is 263 g/mol. The lowest BCUT2D eigenvalue weighted by atomic mass is 9.91. The maximum atomic E-state index is 4.70. The second-order valence-corrected chi connectivity index (χ2v) is 6.24. The van der Waals surface area contributed by atoms with Gasteiger partial charge in [0.25, 0.3) is 0 Å². The van der Waals surface area contributed by atoms with Gasteiger partial charge in [-0.3, -0.25) is 4.68 Å². The predicted molar refractivity (Wildman–Crippen MR) is 80.3 cm³/mol. The Morgan fingerprint density at radius 2 is 2.16 bits per heavy atom. The molecule has 2 atom stereocenters. The lowest BCUT2D eigenvalue weighted by Gasteiger charge is -2.19. The molecular formula is C16H29N3. The molecule has 1 N–H and O–H groups in total. The van der Waals surface area contributed by atoms with Crippen molar-refractivity contribution in [1.82, 2.24) is 15.1 Å². The highest BCUT2D eigenvalue weighted by molar-refractivity contribution is 5.02. The molecule has 3 nitrogen and oxygen atoms in total. The van der Waals surface area contributed by atoms with Gasteiger partial charge < -0.3 is 5.32 Å². The van der Waals surface area contributed by atoms with E-state index in [1.54, 1.807) is 0 Å². The smallest absolute Gasteiger partial charge is 0.0627 e. The lowest BCUT2D eigenvalue weighted by molar-refractivity contribution is 0.361. The van der Waals surface area contributed by atoms with E-state index < -0.39 is 0 Å². The molecule has 108 valence electrons. The van der Waals surface area contributed by atoms with E-state index in [1.165, 1.54) is 37.9 Å². The van der Waals surface area contributed by atoms with Crippen LogP contribution in [0.5, 0.6) is 0 Å². The number of hydrogen-bond acceptors (Lipinski definition) is 2. The van der Waals surface area contributed by atoms with Crippen LogP contribution in [0.1, 0.15) is 58.2 Å². The van der Waals surface area contributed by atoms with Crippen LogP contribution >= 0.6 is 0 Å². The molecule has 0 aliphatic heterocycles. The van der Waals surface area contributed by atoms with Crippen LogP contribution in [-0.2, 0) is 6.42 Å². The summed E-state index contributed by atoms with van der Waals surface area (Å²) < 4.78 is 2.08. The first kappa shape index (κ1) is 14.6. The van der Waals surface area contributed by atoms with E-state index in [2.05, 4.69) is 43.0 Å². The van der Waals surface area contributed by atoms with Crippen molar-refractivity contribution in [3.8, 4) is 0 Å². The second kappa shape index (κ2) is 7.09. The van der Waals surface area contributed by atoms with Crippen molar-refractivity contribution in [1.29, 1.82) is 0 Å². The third-order valence-corrected chi connectivity index (χ3v) is 4.31. The molecule has 0 saturated heterocycles. The van der Waals surface area contributed by atoms with Crippen LogP contribution in [0.3, 0.4) is 0 Å². The Hall–Kier alpha value is -0.830. The summed E-state index contributed by atoms with van der Waals surface area (Å²) in [4.78, 5) is 0. The quantitative estimate of drug-likeness (QED) is 0.764. The van der Waals surface area contributed by atoms with Crippen molar-refractivity contribution in [2.45, 2.75) is 58.9 Å². The first-order valence-corrected chi connectivity index (χ1v) is 7.95. The third kappa shape index (κ3) is 4.07. The molecule has 1 aromatic rings. The summed E-state index contributed by atoms with van der Waals surface area (Å²) in [5.41, 5.74) is 1.28. The Labute approximate surface area is 117 Å². The van der Waals surface area contributed by atoms with E-state index in [0.29, 0.717) is 6.04 Å². The number of rotatable bonds is 7. The molecule has 2 unspecified atom stereocenters. The van der Waals surface area contributed by atoms with Crippen molar-refractivity contribution in [3.63, 3.8) is 0 Å². The summed E-state index contributed by atoms with van der Waals surface area (Å²) in [7, 11) is 0. The highest BCUT2D eigenvalue weighted by atomic mass is 15.3. The first-order valence-electron chi connectivity index (χ1n) is 7.95. The Morgan fingerprint density at radius 3 is 2.84 bits per heavy atom. The van der Waals surface area contributed by atoms with Crippen LogP contribution in [0.4, 0.5) is 0 Å². The zero-order chi connectivity index (χ0) is 13.7. The number of nitrogens with zero attached hydrogens (tertiary/aromatic N) is 2. The molecule has 3 heteroatoms. The summed E-state index contributed by atoms with van der Waals surface area (Å²) in [6.45, 7) is 8.96. The molecule has 2 rings (SSSR count). The predicted octanol–water partition coefficient (Wildman–Crippen LogP) is 3.42. The fourth-order valence-corrected chi connectivity index (χ4v) is 3.16. The SMILES string of the molecule is CCCNCC1CCCC1Cc1ccn(C(C)C)n1. The minimum absolute atomic E-state index is 0.472. The van der Waals surface area contributed by atoms with Gasteiger partial charge in [-0.2, -0.15) is 5.10 Å². The molecule has 1 aliphatic carbocycles. The number of hydrogen-bond donors (Lipinski definition) is 1. The monoisotopic (exact) mass is 263 g/mol. The van der Waals surface area contributed by atoms with Gasteiger partial charge in [0.2, 0.25) is 0 Å². The largest absolute Gasteiger partial charge is 0.316 e. The van der Waals surface area contributed by atoms with Gasteiger partial charge in [-0.05, 0) is 70.5 Å². The van der Waals surface area contributed by atoms with Crippen molar-refractivity contribution >= 4 is 0 Å². The number of nitrogens with one attached hydrogen (secondary N) is 1. The van der Waals surface area contributed by atoms with Gasteiger partial charge in [-0.25, -0.2) is 0 Å². The van der Waals surface area contributed by atoms with E-state index >= 15 is 0 Å². The maximum absolute atomic E-state index is 4.70. The summed E-state index contributed by atoms with van der Waals surface area (Å²) in [5.74, 6) is 1.69. The van der Waals surface area contributed by atoms with Crippen LogP contribution in [-0.4, -0.2) is 22.9 Å². The molecule has 0 aromatic carbocycles. The molecule has 0 radical (unpaired) electrons. The second-order valence-electron chi connectivity index (χ2n) is 6.24. The van der Waals surface area contributed by atoms with E-state index in [4.69, 9.17) is 5.10 Å². The van der Waals surface area contributed by atoms with Crippen LogP contribution < -0.4 is 5.32 Å². The Kier molecular flexibility index (Phi) is 5.44. The maximum Gasteiger partial charge on any atom is 0.0627 e. The van der Waals surface area contributed by atoms with Crippen LogP contribution in [0, 0.1) is 11.8 Å². The van der Waals surface area contributed by atoms with Crippen LogP contribution in [0.15, 0.2) is 12.3 Å². The Bertz CT molecular complexity index is 370. The average Bonchev–Trinajstić information content (AvgIpc) is 3.00. The van der Waals surface area contributed by atoms with Gasteiger partial charge in [-0.1, -0.05) is 13.3 Å². The molecule has 1 saturated carbocycles. The van der Waals surface area contributed by atoms with Gasteiger partial charge in [-0.15, -0.1) is 0 Å². The first-order chi connectivity index (χ1) is 9.20. The fourth-order valence-electron chi connectivity index (χ4n) is 3.16. The summed E-state index contributed by atoms with van der Waals surface area (Å²) in [6, 6.07) is 2.67. The summed E-state index contributed by atoms with van der Waals surface area (Å²) >= 11 is 0. The molecule has 0 spiro atoms. The Morgan fingerprint density at radius 1 is 1.37 bits per heavy atom. The van der Waals surface area contributed by atoms with Gasteiger partial charge >= 0.3 is 0 Å². The van der Waals surface area contributed by atoms with Gasteiger partial charge in [0, 0.05) is 12.2 Å². The highest BCUT2D eigenvalue weighted by Gasteiger charge is 2.27. The van der Waals surface area contributed by atoms with Crippen molar-refractivity contribution in [2.24, 2.45) is 11.8 Å². The molecule has 1 heterocycles. The molecule has 1 fully saturated rings. The van der Waals surface area contributed by atoms with E-state index in [-0.39, 0.29) is 0 Å². The fraction of sp³-hybridized carbons (Fsp3) is 0.812. The van der Waals surface area contributed by atoms with E-state index in [1.807, 2.05) is 0 Å². The van der Waals surface area contributed by atoms with Gasteiger partial charge in [0.05, 0.1) is 5.69 Å². The van der Waals surface area contributed by atoms with Gasteiger partial charge in [0.1, 0.15) is 0 Å². The van der Waals surface area contributed by atoms with Gasteiger partial charge in [0.15, 0.2) is 0 Å². The van der Waals surface area contributed by atoms with E-state index in [9.17, 15) is 0 Å². The molecule has 0 bridgehead atoms. The standard InChI is InChI=1S/C16H29N3/c1-4-9-17-12-15-7-5-6-14(15)11-16-8-10-19(18-16)13(2)3/h8,10,13-15,17H,4-7,9,11-12H2,1-3H3. The zero-order valence-electron chi connectivity index (χ0n) is 12.7. The van der Waals surface area contributed by atoms with Crippen molar-refractivity contribution in [2.75, 3.05) is 13.1 Å². The number of aromatic nitrogens is 2. The minimum atomic E-state index is 0.472. The minimum Gasteiger partial charge on any atom is -0.316 e. The van der Waals surface area contributed by atoms with Crippen molar-refractivity contribution in [3.05, 3.63) is 18.0 Å².